The van der Waals surface area contributed by atoms with Gasteiger partial charge in [-0.2, -0.15) is 5.26 Å². The molecule has 0 unspecified atom stereocenters. The molecule has 0 amide bonds. The maximum Gasteiger partial charge on any atom is 0.242 e. The van der Waals surface area contributed by atoms with E-state index in [0.717, 1.165) is 11.6 Å². The Labute approximate surface area is 116 Å². The lowest BCUT2D eigenvalue weighted by molar-refractivity contribution is 0.576. The minimum absolute atomic E-state index is 0.0740. The van der Waals surface area contributed by atoms with Gasteiger partial charge in [-0.3, -0.25) is 0 Å². The number of hydrogen-bond donors (Lipinski definition) is 1. The fourth-order valence-corrected chi connectivity index (χ4v) is 2.94. The van der Waals surface area contributed by atoms with Gasteiger partial charge in [-0.25, -0.2) is 17.5 Å². The second-order valence-corrected chi connectivity index (χ2v) is 5.97. The van der Waals surface area contributed by atoms with Gasteiger partial charge in [0.1, 0.15) is 22.3 Å². The smallest absolute Gasteiger partial charge is 0.242 e. The first-order valence-electron chi connectivity index (χ1n) is 5.73. The zero-order chi connectivity index (χ0) is 14.8. The molecule has 1 aromatic carbocycles. The molecule has 104 valence electrons. The van der Waals surface area contributed by atoms with E-state index in [9.17, 15) is 12.8 Å². The zero-order valence-corrected chi connectivity index (χ0v) is 11.5. The van der Waals surface area contributed by atoms with Gasteiger partial charge < -0.3 is 4.57 Å². The summed E-state index contributed by atoms with van der Waals surface area (Å²) in [6.07, 6.45) is 3.55. The van der Waals surface area contributed by atoms with Crippen LogP contribution in [0, 0.1) is 17.1 Å². The first-order valence-corrected chi connectivity index (χ1v) is 7.21. The third-order valence-corrected chi connectivity index (χ3v) is 4.18. The molecule has 0 saturated heterocycles. The Morgan fingerprint density at radius 1 is 1.40 bits per heavy atom. The molecule has 7 heteroatoms. The number of sulfonamides is 1. The van der Waals surface area contributed by atoms with Crippen LogP contribution in [0.15, 0.2) is 41.6 Å². The van der Waals surface area contributed by atoms with E-state index in [1.165, 1.54) is 12.1 Å². The molecule has 1 heterocycles. The van der Waals surface area contributed by atoms with Crippen molar-refractivity contribution < 1.29 is 12.8 Å². The predicted molar refractivity (Wildman–Crippen MR) is 70.6 cm³/mol. The van der Waals surface area contributed by atoms with Crippen LogP contribution in [-0.4, -0.2) is 13.0 Å². The Balaban J connectivity index is 2.27. The van der Waals surface area contributed by atoms with Crippen molar-refractivity contribution in [3.05, 3.63) is 53.6 Å². The molecular weight excluding hydrogens is 281 g/mol. The minimum atomic E-state index is -3.94. The molecule has 0 aliphatic heterocycles. The average molecular weight is 293 g/mol. The number of hydrogen-bond acceptors (Lipinski definition) is 3. The highest BCUT2D eigenvalue weighted by molar-refractivity contribution is 7.89. The fourth-order valence-electron chi connectivity index (χ4n) is 1.76. The van der Waals surface area contributed by atoms with Crippen LogP contribution in [0.3, 0.4) is 0 Å². The summed E-state index contributed by atoms with van der Waals surface area (Å²) in [5.74, 6) is -0.852. The van der Waals surface area contributed by atoms with E-state index in [4.69, 9.17) is 5.26 Å². The normalized spacial score (nSPS) is 11.2. The predicted octanol–water partition coefficient (Wildman–Crippen LogP) is 1.51. The molecule has 1 N–H and O–H groups in total. The topological polar surface area (TPSA) is 74.9 Å². The summed E-state index contributed by atoms with van der Waals surface area (Å²) in [7, 11) is -2.12. The lowest BCUT2D eigenvalue weighted by Gasteiger charge is -2.07. The highest BCUT2D eigenvalue weighted by atomic mass is 32.2. The maximum atomic E-state index is 13.4. The fraction of sp³-hybridized carbons (Fsp3) is 0.154. The van der Waals surface area contributed by atoms with E-state index in [0.29, 0.717) is 0 Å². The summed E-state index contributed by atoms with van der Waals surface area (Å²) in [6.45, 7) is 0.0740. The van der Waals surface area contributed by atoms with Crippen LogP contribution in [0.25, 0.3) is 0 Å². The highest BCUT2D eigenvalue weighted by Crippen LogP contribution is 2.18. The van der Waals surface area contributed by atoms with Gasteiger partial charge in [0.25, 0.3) is 0 Å². The number of aromatic nitrogens is 1. The number of nitriles is 1. The zero-order valence-electron chi connectivity index (χ0n) is 10.7. The van der Waals surface area contributed by atoms with Crippen molar-refractivity contribution in [2.24, 2.45) is 7.05 Å². The Morgan fingerprint density at radius 3 is 2.75 bits per heavy atom. The van der Waals surface area contributed by atoms with Crippen LogP contribution in [0.4, 0.5) is 4.39 Å². The summed E-state index contributed by atoms with van der Waals surface area (Å²) in [6, 6.07) is 6.85. The van der Waals surface area contributed by atoms with Crippen LogP contribution in [0.2, 0.25) is 0 Å². The van der Waals surface area contributed by atoms with Crippen molar-refractivity contribution in [2.75, 3.05) is 0 Å². The third kappa shape index (κ3) is 2.87. The molecule has 5 nitrogen and oxygen atoms in total. The molecule has 1 aromatic heterocycles. The molecule has 0 aliphatic carbocycles. The van der Waals surface area contributed by atoms with Crippen LogP contribution in [0.1, 0.15) is 11.1 Å². The first kappa shape index (κ1) is 14.2. The number of aryl methyl sites for hydroxylation is 1. The molecule has 0 aliphatic rings. The maximum absolute atomic E-state index is 13.4. The van der Waals surface area contributed by atoms with Crippen molar-refractivity contribution in [3.63, 3.8) is 0 Å². The monoisotopic (exact) mass is 293 g/mol. The lowest BCUT2D eigenvalue weighted by atomic mass is 10.2. The molecular formula is C13H12FN3O2S. The van der Waals surface area contributed by atoms with Gasteiger partial charge in [0, 0.05) is 26.0 Å². The second-order valence-electron chi connectivity index (χ2n) is 4.23. The van der Waals surface area contributed by atoms with Gasteiger partial charge >= 0.3 is 0 Å². The first-order chi connectivity index (χ1) is 9.44. The van der Waals surface area contributed by atoms with Gasteiger partial charge in [-0.15, -0.1) is 0 Å². The SMILES string of the molecule is Cn1ccc(CNS(=O)(=O)c2cccc(F)c2C#N)c1. The van der Waals surface area contributed by atoms with Gasteiger partial charge in [0.2, 0.25) is 10.0 Å². The molecule has 20 heavy (non-hydrogen) atoms. The van der Waals surface area contributed by atoms with Crippen molar-refractivity contribution in [1.29, 1.82) is 5.26 Å². The summed E-state index contributed by atoms with van der Waals surface area (Å²) in [5.41, 5.74) is 0.291. The molecule has 0 radical (unpaired) electrons. The lowest BCUT2D eigenvalue weighted by Crippen LogP contribution is -2.24. The van der Waals surface area contributed by atoms with Crippen LogP contribution in [-0.2, 0) is 23.6 Å². The molecule has 0 atom stereocenters. The van der Waals surface area contributed by atoms with Gasteiger partial charge in [-0.1, -0.05) is 6.07 Å². The molecule has 0 saturated carbocycles. The Morgan fingerprint density at radius 2 is 2.15 bits per heavy atom. The van der Waals surface area contributed by atoms with E-state index in [1.807, 2.05) is 7.05 Å². The van der Waals surface area contributed by atoms with Crippen LogP contribution >= 0.6 is 0 Å². The van der Waals surface area contributed by atoms with Crippen LogP contribution < -0.4 is 4.72 Å². The van der Waals surface area contributed by atoms with Gasteiger partial charge in [0.05, 0.1) is 0 Å². The Kier molecular flexibility index (Phi) is 3.88. The largest absolute Gasteiger partial charge is 0.357 e. The number of nitrogens with one attached hydrogen (secondary N) is 1. The van der Waals surface area contributed by atoms with E-state index < -0.39 is 21.4 Å². The standard InChI is InChI=1S/C13H12FN3O2S/c1-17-6-5-10(9-17)8-16-20(18,19)13-4-2-3-12(14)11(13)7-15/h2-6,9,16H,8H2,1H3. The third-order valence-electron chi connectivity index (χ3n) is 2.74. The molecule has 2 rings (SSSR count). The van der Waals surface area contributed by atoms with E-state index in [1.54, 1.807) is 29.1 Å². The van der Waals surface area contributed by atoms with Crippen molar-refractivity contribution >= 4 is 10.0 Å². The minimum Gasteiger partial charge on any atom is -0.357 e. The van der Waals surface area contributed by atoms with Gasteiger partial charge in [-0.05, 0) is 23.8 Å². The molecule has 0 fully saturated rings. The van der Waals surface area contributed by atoms with E-state index >= 15 is 0 Å². The average Bonchev–Trinajstić information content (AvgIpc) is 2.82. The Bertz CT molecular complexity index is 775. The quantitative estimate of drug-likeness (QED) is 0.928. The van der Waals surface area contributed by atoms with Gasteiger partial charge in [0.15, 0.2) is 0 Å². The number of benzene rings is 1. The highest BCUT2D eigenvalue weighted by Gasteiger charge is 2.20. The van der Waals surface area contributed by atoms with Crippen molar-refractivity contribution in [2.45, 2.75) is 11.4 Å². The molecule has 2 aromatic rings. The summed E-state index contributed by atoms with van der Waals surface area (Å²) < 4.78 is 41.8. The summed E-state index contributed by atoms with van der Waals surface area (Å²) in [4.78, 5) is -0.351. The van der Waals surface area contributed by atoms with Crippen LogP contribution in [0.5, 0.6) is 0 Å². The number of rotatable bonds is 4. The summed E-state index contributed by atoms with van der Waals surface area (Å²) >= 11 is 0. The van der Waals surface area contributed by atoms with Crippen molar-refractivity contribution in [3.8, 4) is 6.07 Å². The second kappa shape index (κ2) is 5.45. The van der Waals surface area contributed by atoms with Crippen molar-refractivity contribution in [1.82, 2.24) is 9.29 Å². The van der Waals surface area contributed by atoms with E-state index in [-0.39, 0.29) is 11.4 Å². The molecule has 0 bridgehead atoms. The van der Waals surface area contributed by atoms with E-state index in [2.05, 4.69) is 4.72 Å². The number of halogens is 1. The summed E-state index contributed by atoms with van der Waals surface area (Å²) in [5, 5.41) is 8.87. The number of nitrogens with zero attached hydrogens (tertiary/aromatic N) is 2. The Hall–Kier alpha value is -2.17. The molecule has 0 spiro atoms.